The minimum absolute atomic E-state index is 0.515. The second-order valence-corrected chi connectivity index (χ2v) is 3.88. The van der Waals surface area contributed by atoms with Crippen molar-refractivity contribution in [2.45, 2.75) is 13.3 Å². The van der Waals surface area contributed by atoms with E-state index in [2.05, 4.69) is 24.0 Å². The predicted molar refractivity (Wildman–Crippen MR) is 71.0 cm³/mol. The molecule has 1 heterocycles. The molecule has 94 valence electrons. The first-order valence-corrected chi connectivity index (χ1v) is 6.13. The van der Waals surface area contributed by atoms with Gasteiger partial charge in [0.05, 0.1) is 6.20 Å². The standard InChI is InChI=1S/C15H17NO2/c1-2-13-5-7-14(8-6-13)17-10-11-18-15-4-3-9-16-12-15/h3-9,12H,2,10-11H2,1H3. The number of aryl methyl sites for hydroxylation is 1. The van der Waals surface area contributed by atoms with E-state index in [1.54, 1.807) is 12.4 Å². The van der Waals surface area contributed by atoms with E-state index in [0.29, 0.717) is 13.2 Å². The second-order valence-electron chi connectivity index (χ2n) is 3.88. The van der Waals surface area contributed by atoms with Gasteiger partial charge in [0.1, 0.15) is 24.7 Å². The summed E-state index contributed by atoms with van der Waals surface area (Å²) in [6.45, 7) is 3.18. The van der Waals surface area contributed by atoms with Crippen molar-refractivity contribution in [3.63, 3.8) is 0 Å². The number of nitrogens with zero attached hydrogens (tertiary/aromatic N) is 1. The second kappa shape index (κ2) is 6.64. The Hall–Kier alpha value is -2.03. The van der Waals surface area contributed by atoms with Crippen LogP contribution in [0, 0.1) is 0 Å². The van der Waals surface area contributed by atoms with Crippen LogP contribution in [0.5, 0.6) is 11.5 Å². The van der Waals surface area contributed by atoms with Gasteiger partial charge in [-0.2, -0.15) is 0 Å². The Morgan fingerprint density at radius 1 is 0.944 bits per heavy atom. The normalized spacial score (nSPS) is 10.1. The fraction of sp³-hybridized carbons (Fsp3) is 0.267. The van der Waals surface area contributed by atoms with Gasteiger partial charge in [-0.05, 0) is 36.2 Å². The molecule has 0 saturated heterocycles. The van der Waals surface area contributed by atoms with Crippen molar-refractivity contribution >= 4 is 0 Å². The Kier molecular flexibility index (Phi) is 4.59. The summed E-state index contributed by atoms with van der Waals surface area (Å²) in [5, 5.41) is 0. The lowest BCUT2D eigenvalue weighted by atomic mass is 10.2. The Labute approximate surface area is 107 Å². The summed E-state index contributed by atoms with van der Waals surface area (Å²) < 4.78 is 11.1. The number of benzene rings is 1. The van der Waals surface area contributed by atoms with Crippen LogP contribution in [0.1, 0.15) is 12.5 Å². The summed E-state index contributed by atoms with van der Waals surface area (Å²) in [5.41, 5.74) is 1.31. The molecule has 0 atom stereocenters. The fourth-order valence-corrected chi connectivity index (χ4v) is 1.57. The molecule has 1 aromatic carbocycles. The van der Waals surface area contributed by atoms with Crippen LogP contribution < -0.4 is 9.47 Å². The number of rotatable bonds is 6. The monoisotopic (exact) mass is 243 g/mol. The average Bonchev–Trinajstić information content (AvgIpc) is 2.45. The highest BCUT2D eigenvalue weighted by atomic mass is 16.5. The van der Waals surface area contributed by atoms with Gasteiger partial charge in [-0.15, -0.1) is 0 Å². The summed E-state index contributed by atoms with van der Waals surface area (Å²) in [5.74, 6) is 1.64. The van der Waals surface area contributed by atoms with E-state index in [4.69, 9.17) is 9.47 Å². The molecule has 0 radical (unpaired) electrons. The van der Waals surface area contributed by atoms with Crippen LogP contribution in [-0.4, -0.2) is 18.2 Å². The molecule has 0 aliphatic heterocycles. The van der Waals surface area contributed by atoms with Crippen LogP contribution in [0.25, 0.3) is 0 Å². The zero-order chi connectivity index (χ0) is 12.6. The largest absolute Gasteiger partial charge is 0.490 e. The maximum Gasteiger partial charge on any atom is 0.137 e. The van der Waals surface area contributed by atoms with Gasteiger partial charge in [-0.1, -0.05) is 19.1 Å². The lowest BCUT2D eigenvalue weighted by Crippen LogP contribution is -2.09. The van der Waals surface area contributed by atoms with Crippen molar-refractivity contribution < 1.29 is 9.47 Å². The summed E-state index contributed by atoms with van der Waals surface area (Å²) in [7, 11) is 0. The van der Waals surface area contributed by atoms with E-state index in [-0.39, 0.29) is 0 Å². The van der Waals surface area contributed by atoms with Crippen molar-refractivity contribution in [2.24, 2.45) is 0 Å². The van der Waals surface area contributed by atoms with Crippen molar-refractivity contribution in [3.05, 3.63) is 54.4 Å². The maximum absolute atomic E-state index is 5.58. The van der Waals surface area contributed by atoms with Crippen LogP contribution in [-0.2, 0) is 6.42 Å². The molecule has 2 rings (SSSR count). The van der Waals surface area contributed by atoms with E-state index in [9.17, 15) is 0 Å². The molecule has 3 heteroatoms. The molecule has 0 spiro atoms. The van der Waals surface area contributed by atoms with Gasteiger partial charge in [0.25, 0.3) is 0 Å². The molecule has 0 N–H and O–H groups in total. The molecule has 0 saturated carbocycles. The summed E-state index contributed by atoms with van der Waals surface area (Å²) >= 11 is 0. The third-order valence-electron chi connectivity index (χ3n) is 2.59. The first-order chi connectivity index (χ1) is 8.88. The van der Waals surface area contributed by atoms with Gasteiger partial charge in [0.15, 0.2) is 0 Å². The molecule has 0 amide bonds. The van der Waals surface area contributed by atoms with Gasteiger partial charge in [0, 0.05) is 6.20 Å². The highest BCUT2D eigenvalue weighted by Gasteiger charge is 1.95. The number of hydrogen-bond acceptors (Lipinski definition) is 3. The Bertz CT molecular complexity index is 454. The lowest BCUT2D eigenvalue weighted by Gasteiger charge is -2.08. The molecule has 18 heavy (non-hydrogen) atoms. The smallest absolute Gasteiger partial charge is 0.137 e. The van der Waals surface area contributed by atoms with E-state index in [0.717, 1.165) is 17.9 Å². The van der Waals surface area contributed by atoms with Crippen molar-refractivity contribution in [1.82, 2.24) is 4.98 Å². The topological polar surface area (TPSA) is 31.4 Å². The van der Waals surface area contributed by atoms with Gasteiger partial charge < -0.3 is 9.47 Å². The van der Waals surface area contributed by atoms with Crippen LogP contribution in [0.15, 0.2) is 48.8 Å². The van der Waals surface area contributed by atoms with Gasteiger partial charge in [-0.3, -0.25) is 4.98 Å². The maximum atomic E-state index is 5.58. The molecule has 0 bridgehead atoms. The third-order valence-corrected chi connectivity index (χ3v) is 2.59. The first kappa shape index (κ1) is 12.4. The van der Waals surface area contributed by atoms with Crippen LogP contribution in [0.2, 0.25) is 0 Å². The van der Waals surface area contributed by atoms with E-state index < -0.39 is 0 Å². The average molecular weight is 243 g/mol. The fourth-order valence-electron chi connectivity index (χ4n) is 1.57. The minimum Gasteiger partial charge on any atom is -0.490 e. The SMILES string of the molecule is CCc1ccc(OCCOc2cccnc2)cc1. The van der Waals surface area contributed by atoms with Crippen LogP contribution in [0.4, 0.5) is 0 Å². The predicted octanol–water partition coefficient (Wildman–Crippen LogP) is 3.10. The highest BCUT2D eigenvalue weighted by Crippen LogP contribution is 2.12. The summed E-state index contributed by atoms with van der Waals surface area (Å²) in [6.07, 6.45) is 4.46. The Morgan fingerprint density at radius 3 is 2.28 bits per heavy atom. The van der Waals surface area contributed by atoms with Gasteiger partial charge >= 0.3 is 0 Å². The molecule has 1 aromatic heterocycles. The van der Waals surface area contributed by atoms with Crippen molar-refractivity contribution in [2.75, 3.05) is 13.2 Å². The molecule has 0 aliphatic rings. The number of hydrogen-bond donors (Lipinski definition) is 0. The first-order valence-electron chi connectivity index (χ1n) is 6.13. The molecular formula is C15H17NO2. The van der Waals surface area contributed by atoms with Crippen molar-refractivity contribution in [3.8, 4) is 11.5 Å². The van der Waals surface area contributed by atoms with Crippen LogP contribution >= 0.6 is 0 Å². The zero-order valence-corrected chi connectivity index (χ0v) is 10.5. The Balaban J connectivity index is 1.72. The molecule has 0 fully saturated rings. The van der Waals surface area contributed by atoms with E-state index in [1.807, 2.05) is 24.3 Å². The molecule has 3 nitrogen and oxygen atoms in total. The Morgan fingerprint density at radius 2 is 1.67 bits per heavy atom. The van der Waals surface area contributed by atoms with Crippen LogP contribution in [0.3, 0.4) is 0 Å². The molecular weight excluding hydrogens is 226 g/mol. The van der Waals surface area contributed by atoms with Gasteiger partial charge in [0.2, 0.25) is 0 Å². The molecule has 2 aromatic rings. The number of ether oxygens (including phenoxy) is 2. The minimum atomic E-state index is 0.515. The quantitative estimate of drug-likeness (QED) is 0.730. The zero-order valence-electron chi connectivity index (χ0n) is 10.5. The summed E-state index contributed by atoms with van der Waals surface area (Å²) in [6, 6.07) is 11.9. The van der Waals surface area contributed by atoms with Crippen molar-refractivity contribution in [1.29, 1.82) is 0 Å². The van der Waals surface area contributed by atoms with E-state index in [1.165, 1.54) is 5.56 Å². The molecule has 0 aliphatic carbocycles. The lowest BCUT2D eigenvalue weighted by molar-refractivity contribution is 0.216. The number of aromatic nitrogens is 1. The highest BCUT2D eigenvalue weighted by molar-refractivity contribution is 5.27. The third kappa shape index (κ3) is 3.77. The molecule has 0 unspecified atom stereocenters. The summed E-state index contributed by atoms with van der Waals surface area (Å²) in [4.78, 5) is 3.97. The van der Waals surface area contributed by atoms with Gasteiger partial charge in [-0.25, -0.2) is 0 Å². The number of pyridine rings is 1. The van der Waals surface area contributed by atoms with E-state index >= 15 is 0 Å².